The van der Waals surface area contributed by atoms with Crippen molar-refractivity contribution in [3.63, 3.8) is 0 Å². The number of benzene rings is 1. The number of nitrogens with zero attached hydrogens (tertiary/aromatic N) is 2. The highest BCUT2D eigenvalue weighted by atomic mass is 16.1. The van der Waals surface area contributed by atoms with Crippen molar-refractivity contribution < 1.29 is 4.79 Å². The number of amides is 1. The van der Waals surface area contributed by atoms with E-state index in [1.807, 2.05) is 31.2 Å². The summed E-state index contributed by atoms with van der Waals surface area (Å²) in [5.41, 5.74) is 3.33. The van der Waals surface area contributed by atoms with Gasteiger partial charge in [0.25, 0.3) is 5.91 Å². The number of carbonyl (C=O) groups is 1. The van der Waals surface area contributed by atoms with Crippen LogP contribution in [-0.4, -0.2) is 15.9 Å². The Hall–Kier alpha value is -2.23. The van der Waals surface area contributed by atoms with Crippen LogP contribution in [0.3, 0.4) is 0 Å². The molecule has 0 radical (unpaired) electrons. The lowest BCUT2D eigenvalue weighted by Gasteiger charge is -2.08. The summed E-state index contributed by atoms with van der Waals surface area (Å²) in [6.07, 6.45) is 4.96. The van der Waals surface area contributed by atoms with E-state index in [4.69, 9.17) is 0 Å². The smallest absolute Gasteiger partial charge is 0.259 e. The molecule has 0 aliphatic heterocycles. The molecule has 1 aromatic carbocycles. The van der Waals surface area contributed by atoms with E-state index in [2.05, 4.69) is 22.2 Å². The Balaban J connectivity index is 1.74. The molecular weight excluding hydrogens is 262 g/mol. The van der Waals surface area contributed by atoms with E-state index in [1.165, 1.54) is 5.56 Å². The molecule has 1 aliphatic carbocycles. The molecule has 0 bridgehead atoms. The highest BCUT2D eigenvalue weighted by Crippen LogP contribution is 2.37. The predicted molar refractivity (Wildman–Crippen MR) is 82.5 cm³/mol. The van der Waals surface area contributed by atoms with E-state index in [9.17, 15) is 4.79 Å². The maximum atomic E-state index is 12.3. The summed E-state index contributed by atoms with van der Waals surface area (Å²) in [4.78, 5) is 21.1. The molecule has 108 valence electrons. The summed E-state index contributed by atoms with van der Waals surface area (Å²) in [6.45, 7) is 3.97. The quantitative estimate of drug-likeness (QED) is 0.933. The van der Waals surface area contributed by atoms with Gasteiger partial charge in [0.2, 0.25) is 0 Å². The second kappa shape index (κ2) is 5.64. The minimum Gasteiger partial charge on any atom is -0.322 e. The van der Waals surface area contributed by atoms with Gasteiger partial charge in [-0.2, -0.15) is 0 Å². The van der Waals surface area contributed by atoms with E-state index in [1.54, 1.807) is 6.20 Å². The van der Waals surface area contributed by atoms with Gasteiger partial charge in [0.15, 0.2) is 0 Å². The summed E-state index contributed by atoms with van der Waals surface area (Å²) >= 11 is 0. The fourth-order valence-corrected chi connectivity index (χ4v) is 2.27. The summed E-state index contributed by atoms with van der Waals surface area (Å²) in [6, 6.07) is 7.89. The van der Waals surface area contributed by atoms with Gasteiger partial charge >= 0.3 is 0 Å². The summed E-state index contributed by atoms with van der Waals surface area (Å²) in [5.74, 6) is 1.22. The van der Waals surface area contributed by atoms with Gasteiger partial charge in [0.05, 0.1) is 11.3 Å². The Morgan fingerprint density at radius 2 is 2.00 bits per heavy atom. The molecule has 1 amide bonds. The molecule has 1 saturated carbocycles. The zero-order valence-corrected chi connectivity index (χ0v) is 12.4. The summed E-state index contributed by atoms with van der Waals surface area (Å²) in [7, 11) is 0. The second-order valence-corrected chi connectivity index (χ2v) is 5.51. The van der Waals surface area contributed by atoms with Gasteiger partial charge in [-0.3, -0.25) is 4.79 Å². The Morgan fingerprint density at radius 3 is 2.57 bits per heavy atom. The van der Waals surface area contributed by atoms with E-state index in [0.717, 1.165) is 36.5 Å². The molecule has 0 unspecified atom stereocenters. The van der Waals surface area contributed by atoms with Gasteiger partial charge in [-0.25, -0.2) is 9.97 Å². The van der Waals surface area contributed by atoms with Crippen molar-refractivity contribution in [3.05, 3.63) is 53.1 Å². The Bertz CT molecular complexity index is 660. The minimum atomic E-state index is -0.154. The average Bonchev–Trinajstić information content (AvgIpc) is 3.32. The molecule has 1 aliphatic rings. The first-order valence-electron chi connectivity index (χ1n) is 7.41. The van der Waals surface area contributed by atoms with E-state index >= 15 is 0 Å². The number of hydrogen-bond acceptors (Lipinski definition) is 3. The van der Waals surface area contributed by atoms with Crippen molar-refractivity contribution in [1.29, 1.82) is 0 Å². The SMILES string of the molecule is CCc1ccc(NC(=O)c2cnc(C3CC3)nc2C)cc1. The first-order chi connectivity index (χ1) is 10.2. The summed E-state index contributed by atoms with van der Waals surface area (Å²) in [5, 5.41) is 2.90. The first-order valence-corrected chi connectivity index (χ1v) is 7.41. The molecule has 1 aromatic heterocycles. The lowest BCUT2D eigenvalue weighted by Crippen LogP contribution is -2.15. The number of anilines is 1. The van der Waals surface area contributed by atoms with E-state index < -0.39 is 0 Å². The zero-order chi connectivity index (χ0) is 14.8. The maximum absolute atomic E-state index is 12.3. The molecule has 0 saturated heterocycles. The first kappa shape index (κ1) is 13.7. The van der Waals surface area contributed by atoms with E-state index in [-0.39, 0.29) is 5.91 Å². The molecule has 3 rings (SSSR count). The van der Waals surface area contributed by atoms with Crippen LogP contribution in [-0.2, 0) is 6.42 Å². The number of carbonyl (C=O) groups excluding carboxylic acids is 1. The second-order valence-electron chi connectivity index (χ2n) is 5.51. The summed E-state index contributed by atoms with van der Waals surface area (Å²) < 4.78 is 0. The van der Waals surface area contributed by atoms with Crippen molar-refractivity contribution >= 4 is 11.6 Å². The van der Waals surface area contributed by atoms with Gasteiger partial charge in [-0.1, -0.05) is 19.1 Å². The molecule has 0 atom stereocenters. The van der Waals surface area contributed by atoms with Gasteiger partial charge in [-0.15, -0.1) is 0 Å². The van der Waals surface area contributed by atoms with Crippen LogP contribution in [0.25, 0.3) is 0 Å². The normalized spacial score (nSPS) is 14.0. The van der Waals surface area contributed by atoms with Crippen LogP contribution in [0.5, 0.6) is 0 Å². The van der Waals surface area contributed by atoms with Crippen molar-refractivity contribution in [1.82, 2.24) is 9.97 Å². The molecule has 1 heterocycles. The third-order valence-corrected chi connectivity index (χ3v) is 3.81. The van der Waals surface area contributed by atoms with Crippen LogP contribution in [0, 0.1) is 6.92 Å². The van der Waals surface area contributed by atoms with Crippen LogP contribution in [0.4, 0.5) is 5.69 Å². The van der Waals surface area contributed by atoms with Crippen LogP contribution < -0.4 is 5.32 Å². The highest BCUT2D eigenvalue weighted by molar-refractivity contribution is 6.04. The standard InChI is InChI=1S/C17H19N3O/c1-3-12-4-8-14(9-5-12)20-17(21)15-10-18-16(13-6-7-13)19-11(15)2/h4-5,8-10,13H,3,6-7H2,1-2H3,(H,20,21). The monoisotopic (exact) mass is 281 g/mol. The van der Waals surface area contributed by atoms with Gasteiger partial charge in [0.1, 0.15) is 5.82 Å². The van der Waals surface area contributed by atoms with Crippen LogP contribution in [0.1, 0.15) is 53.1 Å². The lowest BCUT2D eigenvalue weighted by molar-refractivity contribution is 0.102. The van der Waals surface area contributed by atoms with Gasteiger partial charge < -0.3 is 5.32 Å². The maximum Gasteiger partial charge on any atom is 0.259 e. The molecule has 1 N–H and O–H groups in total. The molecule has 0 spiro atoms. The van der Waals surface area contributed by atoms with Crippen LogP contribution in [0.15, 0.2) is 30.5 Å². The average molecular weight is 281 g/mol. The third kappa shape index (κ3) is 3.10. The molecular formula is C17H19N3O. The fraction of sp³-hybridized carbons (Fsp3) is 0.353. The number of hydrogen-bond donors (Lipinski definition) is 1. The topological polar surface area (TPSA) is 54.9 Å². The van der Waals surface area contributed by atoms with Crippen LogP contribution in [0.2, 0.25) is 0 Å². The minimum absolute atomic E-state index is 0.154. The van der Waals surface area contributed by atoms with Crippen molar-refractivity contribution in [2.45, 2.75) is 39.0 Å². The molecule has 1 fully saturated rings. The van der Waals surface area contributed by atoms with Crippen molar-refractivity contribution in [3.8, 4) is 0 Å². The van der Waals surface area contributed by atoms with Crippen LogP contribution >= 0.6 is 0 Å². The number of aromatic nitrogens is 2. The third-order valence-electron chi connectivity index (χ3n) is 3.81. The number of nitrogens with one attached hydrogen (secondary N) is 1. The van der Waals surface area contributed by atoms with Gasteiger partial charge in [-0.05, 0) is 43.9 Å². The van der Waals surface area contributed by atoms with E-state index in [0.29, 0.717) is 11.5 Å². The zero-order valence-electron chi connectivity index (χ0n) is 12.4. The Labute approximate surface area is 124 Å². The molecule has 4 heteroatoms. The Kier molecular flexibility index (Phi) is 3.69. The highest BCUT2D eigenvalue weighted by Gasteiger charge is 2.27. The largest absolute Gasteiger partial charge is 0.322 e. The molecule has 21 heavy (non-hydrogen) atoms. The number of aryl methyl sites for hydroxylation is 2. The predicted octanol–water partition coefficient (Wildman–Crippen LogP) is 3.48. The Morgan fingerprint density at radius 1 is 1.29 bits per heavy atom. The van der Waals surface area contributed by atoms with Crippen molar-refractivity contribution in [2.75, 3.05) is 5.32 Å². The molecule has 4 nitrogen and oxygen atoms in total. The van der Waals surface area contributed by atoms with Crippen molar-refractivity contribution in [2.24, 2.45) is 0 Å². The fourth-order valence-electron chi connectivity index (χ4n) is 2.27. The lowest BCUT2D eigenvalue weighted by atomic mass is 10.1. The van der Waals surface area contributed by atoms with Gasteiger partial charge in [0, 0.05) is 17.8 Å². The number of rotatable bonds is 4. The molecule has 2 aromatic rings.